The van der Waals surface area contributed by atoms with Crippen molar-refractivity contribution >= 4 is 28.4 Å². The van der Waals surface area contributed by atoms with Gasteiger partial charge in [0.25, 0.3) is 0 Å². The Balaban J connectivity index is 1.91. The van der Waals surface area contributed by atoms with Crippen molar-refractivity contribution in [3.63, 3.8) is 0 Å². The van der Waals surface area contributed by atoms with E-state index in [4.69, 9.17) is 16.0 Å². The van der Waals surface area contributed by atoms with Gasteiger partial charge in [0.2, 0.25) is 5.78 Å². The Labute approximate surface area is 126 Å². The molecule has 0 radical (unpaired) electrons. The lowest BCUT2D eigenvalue weighted by Crippen LogP contribution is -2.04. The highest BCUT2D eigenvalue weighted by Gasteiger charge is 2.16. The quantitative estimate of drug-likeness (QED) is 0.640. The minimum absolute atomic E-state index is 0.0144. The maximum absolute atomic E-state index is 13.8. The summed E-state index contributed by atoms with van der Waals surface area (Å²) in [7, 11) is 0. The van der Waals surface area contributed by atoms with E-state index < -0.39 is 5.82 Å². The van der Waals surface area contributed by atoms with E-state index in [1.807, 2.05) is 25.1 Å². The van der Waals surface area contributed by atoms with Gasteiger partial charge in [0.15, 0.2) is 5.76 Å². The topological polar surface area (TPSA) is 30.2 Å². The summed E-state index contributed by atoms with van der Waals surface area (Å²) in [6, 6.07) is 12.0. The van der Waals surface area contributed by atoms with E-state index in [0.29, 0.717) is 5.58 Å². The molecule has 2 nitrogen and oxygen atoms in total. The molecule has 1 aromatic heterocycles. The molecule has 0 amide bonds. The van der Waals surface area contributed by atoms with Gasteiger partial charge >= 0.3 is 0 Å². The van der Waals surface area contributed by atoms with E-state index in [2.05, 4.69) is 0 Å². The number of fused-ring (bicyclic) bond motifs is 1. The molecular formula is C17H12ClFO2. The number of halogens is 2. The first kappa shape index (κ1) is 13.8. The fraction of sp³-hybridized carbons (Fsp3) is 0.118. The van der Waals surface area contributed by atoms with Crippen molar-refractivity contribution in [3.05, 3.63) is 70.2 Å². The lowest BCUT2D eigenvalue weighted by molar-refractivity contribution is 0.0967. The Morgan fingerprint density at radius 2 is 2.05 bits per heavy atom. The van der Waals surface area contributed by atoms with E-state index in [-0.39, 0.29) is 28.6 Å². The van der Waals surface area contributed by atoms with Gasteiger partial charge in [0.1, 0.15) is 11.4 Å². The number of hydrogen-bond donors (Lipinski definition) is 0. The third-order valence-electron chi connectivity index (χ3n) is 3.33. The predicted octanol–water partition coefficient (Wildman–Crippen LogP) is 4.96. The highest BCUT2D eigenvalue weighted by Crippen LogP contribution is 2.23. The second kappa shape index (κ2) is 5.34. The number of benzene rings is 2. The summed E-state index contributed by atoms with van der Waals surface area (Å²) >= 11 is 5.72. The number of aryl methyl sites for hydroxylation is 1. The van der Waals surface area contributed by atoms with Crippen molar-refractivity contribution in [2.45, 2.75) is 13.3 Å². The van der Waals surface area contributed by atoms with Gasteiger partial charge < -0.3 is 4.42 Å². The summed E-state index contributed by atoms with van der Waals surface area (Å²) in [4.78, 5) is 12.2. The highest BCUT2D eigenvalue weighted by molar-refractivity contribution is 6.30. The van der Waals surface area contributed by atoms with Crippen LogP contribution >= 0.6 is 11.6 Å². The van der Waals surface area contributed by atoms with Crippen LogP contribution in [0.15, 0.2) is 46.9 Å². The second-order valence-electron chi connectivity index (χ2n) is 4.96. The zero-order chi connectivity index (χ0) is 15.0. The van der Waals surface area contributed by atoms with E-state index >= 15 is 0 Å². The molecule has 2 aromatic carbocycles. The van der Waals surface area contributed by atoms with E-state index in [1.165, 1.54) is 6.07 Å². The van der Waals surface area contributed by atoms with Crippen molar-refractivity contribution in [2.75, 3.05) is 0 Å². The van der Waals surface area contributed by atoms with Gasteiger partial charge in [0, 0.05) is 11.8 Å². The molecule has 0 unspecified atom stereocenters. The first-order valence-corrected chi connectivity index (χ1v) is 6.88. The lowest BCUT2D eigenvalue weighted by atomic mass is 10.1. The van der Waals surface area contributed by atoms with Gasteiger partial charge in [-0.3, -0.25) is 4.79 Å². The van der Waals surface area contributed by atoms with Crippen LogP contribution in [0.3, 0.4) is 0 Å². The smallest absolute Gasteiger partial charge is 0.202 e. The lowest BCUT2D eigenvalue weighted by Gasteiger charge is -2.02. The van der Waals surface area contributed by atoms with Crippen molar-refractivity contribution < 1.29 is 13.6 Å². The second-order valence-corrected chi connectivity index (χ2v) is 5.37. The first-order chi connectivity index (χ1) is 10.0. The number of carbonyl (C=O) groups is 1. The molecule has 0 fully saturated rings. The molecule has 0 saturated heterocycles. The molecule has 0 aliphatic carbocycles. The van der Waals surface area contributed by atoms with Gasteiger partial charge in [-0.25, -0.2) is 4.39 Å². The molecule has 0 aliphatic rings. The van der Waals surface area contributed by atoms with Crippen LogP contribution in [0.4, 0.5) is 4.39 Å². The summed E-state index contributed by atoms with van der Waals surface area (Å²) in [5, 5.41) is 0.880. The van der Waals surface area contributed by atoms with Gasteiger partial charge in [-0.15, -0.1) is 0 Å². The fourth-order valence-electron chi connectivity index (χ4n) is 2.25. The average Bonchev–Trinajstić information content (AvgIpc) is 2.87. The Morgan fingerprint density at radius 3 is 2.86 bits per heavy atom. The van der Waals surface area contributed by atoms with E-state index in [1.54, 1.807) is 18.2 Å². The molecule has 0 bridgehead atoms. The molecule has 3 aromatic rings. The Kier molecular flexibility index (Phi) is 3.52. The molecule has 0 atom stereocenters. The van der Waals surface area contributed by atoms with E-state index in [0.717, 1.165) is 10.9 Å². The zero-order valence-corrected chi connectivity index (χ0v) is 12.1. The van der Waals surface area contributed by atoms with Gasteiger partial charge in [-0.05, 0) is 36.8 Å². The molecule has 0 N–H and O–H groups in total. The van der Waals surface area contributed by atoms with Crippen LogP contribution in [0.2, 0.25) is 5.02 Å². The Bertz CT molecular complexity index is 836. The number of ketones is 1. The molecule has 0 aliphatic heterocycles. The molecule has 0 saturated carbocycles. The molecule has 1 heterocycles. The molecule has 4 heteroatoms. The summed E-state index contributed by atoms with van der Waals surface area (Å²) in [5.41, 5.74) is 2.00. The number of hydrogen-bond acceptors (Lipinski definition) is 2. The standard InChI is InChI=1S/C17H12ClFO2/c1-10-5-6-15-12(7-10)9-16(21-15)14(20)8-11-3-2-4-13(18)17(11)19/h2-7,9H,8H2,1H3. The third kappa shape index (κ3) is 2.69. The van der Waals surface area contributed by atoms with Gasteiger partial charge in [-0.2, -0.15) is 0 Å². The highest BCUT2D eigenvalue weighted by atomic mass is 35.5. The summed E-state index contributed by atoms with van der Waals surface area (Å²) in [5.74, 6) is -0.598. The van der Waals surface area contributed by atoms with Crippen molar-refractivity contribution in [3.8, 4) is 0 Å². The molecule has 3 rings (SSSR count). The molecule has 0 spiro atoms. The van der Waals surface area contributed by atoms with E-state index in [9.17, 15) is 9.18 Å². The first-order valence-electron chi connectivity index (χ1n) is 6.51. The minimum Gasteiger partial charge on any atom is -0.453 e. The zero-order valence-electron chi connectivity index (χ0n) is 11.3. The molecule has 106 valence electrons. The third-order valence-corrected chi connectivity index (χ3v) is 3.62. The average molecular weight is 303 g/mol. The summed E-state index contributed by atoms with van der Waals surface area (Å²) in [6.45, 7) is 1.97. The maximum Gasteiger partial charge on any atom is 0.202 e. The van der Waals surface area contributed by atoms with Gasteiger partial charge in [0.05, 0.1) is 5.02 Å². The van der Waals surface area contributed by atoms with Gasteiger partial charge in [-0.1, -0.05) is 35.4 Å². The maximum atomic E-state index is 13.8. The number of furan rings is 1. The monoisotopic (exact) mass is 302 g/mol. The van der Waals surface area contributed by atoms with Crippen LogP contribution in [0.5, 0.6) is 0 Å². The predicted molar refractivity (Wildman–Crippen MR) is 80.4 cm³/mol. The summed E-state index contributed by atoms with van der Waals surface area (Å²) in [6.07, 6.45) is -0.0782. The van der Waals surface area contributed by atoms with Crippen LogP contribution in [0.25, 0.3) is 11.0 Å². The SMILES string of the molecule is Cc1ccc2oc(C(=O)Cc3cccc(Cl)c3F)cc2c1. The van der Waals surface area contributed by atoms with Crippen LogP contribution in [0.1, 0.15) is 21.7 Å². The van der Waals surface area contributed by atoms with Crippen LogP contribution < -0.4 is 0 Å². The minimum atomic E-state index is -0.556. The number of Topliss-reactive ketones (excluding diaryl/α,β-unsaturated/α-hetero) is 1. The number of rotatable bonds is 3. The molecule has 21 heavy (non-hydrogen) atoms. The van der Waals surface area contributed by atoms with Crippen molar-refractivity contribution in [2.24, 2.45) is 0 Å². The Hall–Kier alpha value is -2.13. The van der Waals surface area contributed by atoms with Crippen LogP contribution in [-0.4, -0.2) is 5.78 Å². The fourth-order valence-corrected chi connectivity index (χ4v) is 2.44. The van der Waals surface area contributed by atoms with Crippen molar-refractivity contribution in [1.29, 1.82) is 0 Å². The molecular weight excluding hydrogens is 291 g/mol. The largest absolute Gasteiger partial charge is 0.453 e. The van der Waals surface area contributed by atoms with Crippen LogP contribution in [0, 0.1) is 12.7 Å². The Morgan fingerprint density at radius 1 is 1.24 bits per heavy atom. The summed E-state index contributed by atoms with van der Waals surface area (Å²) < 4.78 is 19.3. The van der Waals surface area contributed by atoms with Crippen molar-refractivity contribution in [1.82, 2.24) is 0 Å². The normalized spacial score (nSPS) is 11.0. The van der Waals surface area contributed by atoms with Crippen LogP contribution in [-0.2, 0) is 6.42 Å². The number of carbonyl (C=O) groups excluding carboxylic acids is 1.